The van der Waals surface area contributed by atoms with Crippen molar-refractivity contribution < 1.29 is 4.74 Å². The van der Waals surface area contributed by atoms with E-state index in [1.165, 1.54) is 5.56 Å². The third-order valence-corrected chi connectivity index (χ3v) is 2.94. The highest BCUT2D eigenvalue weighted by Gasteiger charge is 2.10. The van der Waals surface area contributed by atoms with Gasteiger partial charge in [-0.2, -0.15) is 0 Å². The first-order valence-electron chi connectivity index (χ1n) is 5.56. The molecule has 1 aliphatic rings. The number of H-pyrrole nitrogens is 1. The number of nitrogens with zero attached hydrogens (tertiary/aromatic N) is 2. The third kappa shape index (κ3) is 1.94. The van der Waals surface area contributed by atoms with Crippen LogP contribution in [0.3, 0.4) is 0 Å². The number of aromatic amines is 1. The molecule has 1 N–H and O–H groups in total. The highest BCUT2D eigenvalue weighted by Crippen LogP contribution is 2.13. The lowest BCUT2D eigenvalue weighted by Crippen LogP contribution is -2.35. The molecule has 0 atom stereocenters. The molecule has 2 aromatic rings. The van der Waals surface area contributed by atoms with E-state index in [2.05, 4.69) is 39.4 Å². The summed E-state index contributed by atoms with van der Waals surface area (Å²) in [5.41, 5.74) is 3.34. The number of hydrogen-bond donors (Lipinski definition) is 1. The van der Waals surface area contributed by atoms with Crippen molar-refractivity contribution in [2.45, 2.75) is 6.54 Å². The molecule has 4 nitrogen and oxygen atoms in total. The molecule has 0 saturated carbocycles. The summed E-state index contributed by atoms with van der Waals surface area (Å²) in [4.78, 5) is 9.53. The van der Waals surface area contributed by atoms with Gasteiger partial charge in [-0.15, -0.1) is 0 Å². The number of rotatable bonds is 2. The smallest absolute Gasteiger partial charge is 0.174 e. The van der Waals surface area contributed by atoms with Crippen molar-refractivity contribution in [3.8, 4) is 0 Å². The highest BCUT2D eigenvalue weighted by atomic mass is 16.5. The van der Waals surface area contributed by atoms with Gasteiger partial charge >= 0.3 is 0 Å². The zero-order valence-corrected chi connectivity index (χ0v) is 9.07. The van der Waals surface area contributed by atoms with Crippen molar-refractivity contribution in [3.63, 3.8) is 0 Å². The van der Waals surface area contributed by atoms with Gasteiger partial charge in [0.05, 0.1) is 24.2 Å². The number of morpholine rings is 1. The minimum atomic E-state index is 0.846. The van der Waals surface area contributed by atoms with Gasteiger partial charge in [0.15, 0.2) is 6.33 Å². The fraction of sp³-hybridized carbons (Fsp3) is 0.417. The Bertz CT molecular complexity index is 474. The Kier molecular flexibility index (Phi) is 2.60. The highest BCUT2D eigenvalue weighted by molar-refractivity contribution is 5.74. The first-order valence-corrected chi connectivity index (χ1v) is 5.56. The number of ether oxygens (including phenoxy) is 1. The first kappa shape index (κ1) is 9.81. The summed E-state index contributed by atoms with van der Waals surface area (Å²) in [7, 11) is 0. The van der Waals surface area contributed by atoms with Crippen LogP contribution >= 0.6 is 0 Å². The molecular formula is C12H14N3O. The zero-order valence-electron chi connectivity index (χ0n) is 9.07. The van der Waals surface area contributed by atoms with Gasteiger partial charge in [-0.05, 0) is 17.7 Å². The Morgan fingerprint density at radius 2 is 2.25 bits per heavy atom. The van der Waals surface area contributed by atoms with E-state index in [1.807, 2.05) is 0 Å². The number of hydrogen-bond acceptors (Lipinski definition) is 3. The molecule has 1 radical (unpaired) electrons. The van der Waals surface area contributed by atoms with Crippen molar-refractivity contribution in [3.05, 3.63) is 30.1 Å². The second kappa shape index (κ2) is 4.23. The predicted octanol–water partition coefficient (Wildman–Crippen LogP) is 1.20. The largest absolute Gasteiger partial charge is 0.379 e. The minimum absolute atomic E-state index is 0.846. The molecule has 2 heterocycles. The lowest BCUT2D eigenvalue weighted by atomic mass is 10.2. The summed E-state index contributed by atoms with van der Waals surface area (Å²) in [5.74, 6) is 0. The number of aromatic nitrogens is 2. The topological polar surface area (TPSA) is 41.2 Å². The normalized spacial score (nSPS) is 18.0. The molecule has 1 saturated heterocycles. The Morgan fingerprint density at radius 3 is 3.12 bits per heavy atom. The van der Waals surface area contributed by atoms with Crippen molar-refractivity contribution >= 4 is 11.0 Å². The van der Waals surface area contributed by atoms with Crippen LogP contribution in [0, 0.1) is 6.33 Å². The zero-order chi connectivity index (χ0) is 10.8. The van der Waals surface area contributed by atoms with E-state index in [9.17, 15) is 0 Å². The van der Waals surface area contributed by atoms with Gasteiger partial charge in [0.2, 0.25) is 0 Å². The van der Waals surface area contributed by atoms with Crippen molar-refractivity contribution in [1.82, 2.24) is 14.9 Å². The van der Waals surface area contributed by atoms with Crippen LogP contribution in [0.5, 0.6) is 0 Å². The maximum atomic E-state index is 5.33. The average molecular weight is 216 g/mol. The van der Waals surface area contributed by atoms with Crippen LogP contribution in [0.25, 0.3) is 11.0 Å². The number of fused-ring (bicyclic) bond motifs is 1. The van der Waals surface area contributed by atoms with E-state index in [-0.39, 0.29) is 0 Å². The maximum absolute atomic E-state index is 5.33. The first-order chi connectivity index (χ1) is 7.92. The number of benzene rings is 1. The van der Waals surface area contributed by atoms with E-state index in [4.69, 9.17) is 4.74 Å². The maximum Gasteiger partial charge on any atom is 0.174 e. The van der Waals surface area contributed by atoms with Crippen LogP contribution in [0.15, 0.2) is 18.2 Å². The van der Waals surface area contributed by atoms with E-state index in [0.717, 1.165) is 43.9 Å². The molecule has 3 rings (SSSR count). The average Bonchev–Trinajstić information content (AvgIpc) is 2.77. The number of nitrogens with one attached hydrogen (secondary N) is 1. The number of imidazole rings is 1. The summed E-state index contributed by atoms with van der Waals surface area (Å²) in [6, 6.07) is 6.33. The minimum Gasteiger partial charge on any atom is -0.379 e. The van der Waals surface area contributed by atoms with Crippen molar-refractivity contribution in [1.29, 1.82) is 0 Å². The van der Waals surface area contributed by atoms with Gasteiger partial charge < -0.3 is 9.72 Å². The van der Waals surface area contributed by atoms with Crippen molar-refractivity contribution in [2.75, 3.05) is 26.3 Å². The summed E-state index contributed by atoms with van der Waals surface area (Å²) in [6.45, 7) is 4.71. The van der Waals surface area contributed by atoms with Crippen LogP contribution in [0.2, 0.25) is 0 Å². The molecule has 16 heavy (non-hydrogen) atoms. The monoisotopic (exact) mass is 216 g/mol. The van der Waals surface area contributed by atoms with Crippen LogP contribution < -0.4 is 0 Å². The molecule has 1 aromatic carbocycles. The Labute approximate surface area is 94.2 Å². The SMILES string of the molecule is [c]1nc2cc(CN3CCOCC3)ccc2[nH]1. The van der Waals surface area contributed by atoms with Crippen LogP contribution in [0.1, 0.15) is 5.56 Å². The summed E-state index contributed by atoms with van der Waals surface area (Å²) >= 11 is 0. The van der Waals surface area contributed by atoms with E-state index in [1.54, 1.807) is 0 Å². The summed E-state index contributed by atoms with van der Waals surface area (Å²) < 4.78 is 5.33. The summed E-state index contributed by atoms with van der Waals surface area (Å²) in [6.07, 6.45) is 2.76. The van der Waals surface area contributed by atoms with Gasteiger partial charge in [-0.1, -0.05) is 6.07 Å². The van der Waals surface area contributed by atoms with Gasteiger partial charge in [-0.25, -0.2) is 4.98 Å². The van der Waals surface area contributed by atoms with Crippen LogP contribution in [0.4, 0.5) is 0 Å². The molecule has 0 aliphatic carbocycles. The van der Waals surface area contributed by atoms with Gasteiger partial charge in [-0.3, -0.25) is 4.90 Å². The fourth-order valence-corrected chi connectivity index (χ4v) is 2.04. The van der Waals surface area contributed by atoms with Crippen molar-refractivity contribution in [2.24, 2.45) is 0 Å². The second-order valence-corrected chi connectivity index (χ2v) is 4.09. The van der Waals surface area contributed by atoms with Gasteiger partial charge in [0, 0.05) is 19.6 Å². The van der Waals surface area contributed by atoms with Crippen LogP contribution in [-0.2, 0) is 11.3 Å². The van der Waals surface area contributed by atoms with E-state index < -0.39 is 0 Å². The molecule has 0 amide bonds. The van der Waals surface area contributed by atoms with E-state index >= 15 is 0 Å². The molecule has 0 bridgehead atoms. The molecule has 0 unspecified atom stereocenters. The lowest BCUT2D eigenvalue weighted by Gasteiger charge is -2.26. The van der Waals surface area contributed by atoms with Gasteiger partial charge in [0.1, 0.15) is 0 Å². The molecule has 4 heteroatoms. The predicted molar refractivity (Wildman–Crippen MR) is 61.0 cm³/mol. The third-order valence-electron chi connectivity index (χ3n) is 2.94. The second-order valence-electron chi connectivity index (χ2n) is 4.09. The standard InChI is InChI=1S/C12H14N3O/c1-2-11-12(14-9-13-11)7-10(1)8-15-3-5-16-6-4-15/h1-2,7H,3-6,8H2,(H,13,14). The lowest BCUT2D eigenvalue weighted by molar-refractivity contribution is 0.0342. The summed E-state index contributed by atoms with van der Waals surface area (Å²) in [5, 5.41) is 0. The van der Waals surface area contributed by atoms with E-state index in [0.29, 0.717) is 0 Å². The molecule has 1 aromatic heterocycles. The Morgan fingerprint density at radius 1 is 1.38 bits per heavy atom. The molecule has 83 valence electrons. The van der Waals surface area contributed by atoms with Gasteiger partial charge in [0.25, 0.3) is 0 Å². The molecule has 1 fully saturated rings. The Balaban J connectivity index is 1.77. The van der Waals surface area contributed by atoms with Crippen LogP contribution in [-0.4, -0.2) is 41.2 Å². The Hall–Kier alpha value is -1.39. The fourth-order valence-electron chi connectivity index (χ4n) is 2.04. The molecule has 1 aliphatic heterocycles. The quantitative estimate of drug-likeness (QED) is 0.820. The molecule has 0 spiro atoms. The molecular weight excluding hydrogens is 202 g/mol.